The van der Waals surface area contributed by atoms with Gasteiger partial charge in [-0.15, -0.1) is 0 Å². The van der Waals surface area contributed by atoms with Crippen molar-refractivity contribution >= 4 is 5.96 Å². The van der Waals surface area contributed by atoms with Crippen molar-refractivity contribution in [2.45, 2.75) is 70.4 Å². The average Bonchev–Trinajstić information content (AvgIpc) is 3.32. The third-order valence-electron chi connectivity index (χ3n) is 5.35. The Hall–Kier alpha value is -2.41. The number of hydrogen-bond donors (Lipinski definition) is 3. The summed E-state index contributed by atoms with van der Waals surface area (Å²) in [6, 6.07) is 7.94. The van der Waals surface area contributed by atoms with E-state index in [4.69, 9.17) is 15.7 Å². The highest BCUT2D eigenvalue weighted by molar-refractivity contribution is 5.75. The van der Waals surface area contributed by atoms with Crippen molar-refractivity contribution in [3.8, 4) is 11.4 Å². The summed E-state index contributed by atoms with van der Waals surface area (Å²) in [6.45, 7) is 2.55. The molecule has 1 fully saturated rings. The number of nitrogens with zero attached hydrogens (tertiary/aromatic N) is 3. The first kappa shape index (κ1) is 20.3. The van der Waals surface area contributed by atoms with Gasteiger partial charge in [0.25, 0.3) is 0 Å². The maximum Gasteiger partial charge on any atom is 0.249 e. The van der Waals surface area contributed by atoms with Crippen molar-refractivity contribution in [1.29, 1.82) is 5.41 Å². The molecule has 0 saturated carbocycles. The molecule has 2 heterocycles. The van der Waals surface area contributed by atoms with Gasteiger partial charge in [-0.05, 0) is 18.4 Å². The molecule has 0 bridgehead atoms. The predicted octanol–water partition coefficient (Wildman–Crippen LogP) is 3.64. The van der Waals surface area contributed by atoms with Crippen LogP contribution in [0.3, 0.4) is 0 Å². The zero-order valence-corrected chi connectivity index (χ0v) is 16.6. The summed E-state index contributed by atoms with van der Waals surface area (Å²) >= 11 is 0. The topological polar surface area (TPSA) is 112 Å². The van der Waals surface area contributed by atoms with E-state index in [0.717, 1.165) is 12.0 Å². The molecule has 152 valence electrons. The number of unbranched alkanes of at least 4 members (excludes halogenated alkanes) is 5. The van der Waals surface area contributed by atoms with Crippen LogP contribution in [0.2, 0.25) is 0 Å². The molecule has 7 heteroatoms. The summed E-state index contributed by atoms with van der Waals surface area (Å²) in [7, 11) is 0. The number of aliphatic hydroxyl groups excluding tert-OH is 1. The lowest BCUT2D eigenvalue weighted by Gasteiger charge is -2.20. The normalized spacial score (nSPS) is 19.3. The number of hydrogen-bond acceptors (Lipinski definition) is 5. The molecule has 2 aromatic rings. The lowest BCUT2D eigenvalue weighted by molar-refractivity contribution is 0.187. The van der Waals surface area contributed by atoms with Crippen LogP contribution in [0.5, 0.6) is 0 Å². The quantitative estimate of drug-likeness (QED) is 0.345. The van der Waals surface area contributed by atoms with Crippen LogP contribution >= 0.6 is 0 Å². The van der Waals surface area contributed by atoms with Crippen molar-refractivity contribution in [2.75, 3.05) is 6.54 Å². The van der Waals surface area contributed by atoms with Gasteiger partial charge in [-0.3, -0.25) is 5.41 Å². The van der Waals surface area contributed by atoms with Gasteiger partial charge < -0.3 is 20.3 Å². The fraction of sp³-hybridized carbons (Fsp3) is 0.571. The van der Waals surface area contributed by atoms with Gasteiger partial charge in [0.15, 0.2) is 5.96 Å². The van der Waals surface area contributed by atoms with Crippen LogP contribution in [0.1, 0.15) is 69.4 Å². The number of guanidine groups is 1. The van der Waals surface area contributed by atoms with Crippen LogP contribution in [-0.2, 0) is 6.42 Å². The Morgan fingerprint density at radius 2 is 1.93 bits per heavy atom. The number of nitrogens with one attached hydrogen (secondary N) is 1. The maximum absolute atomic E-state index is 9.88. The molecular formula is C21H31N5O2. The Labute approximate surface area is 166 Å². The van der Waals surface area contributed by atoms with E-state index < -0.39 is 6.10 Å². The van der Waals surface area contributed by atoms with Gasteiger partial charge in [-0.1, -0.05) is 68.4 Å². The molecule has 1 saturated heterocycles. The summed E-state index contributed by atoms with van der Waals surface area (Å²) in [5.41, 5.74) is 7.83. The van der Waals surface area contributed by atoms with Crippen molar-refractivity contribution in [1.82, 2.24) is 15.0 Å². The molecule has 1 aromatic heterocycles. The Morgan fingerprint density at radius 1 is 1.21 bits per heavy atom. The monoisotopic (exact) mass is 385 g/mol. The van der Waals surface area contributed by atoms with Crippen LogP contribution in [0.15, 0.2) is 28.8 Å². The second kappa shape index (κ2) is 9.68. The van der Waals surface area contributed by atoms with E-state index in [1.807, 2.05) is 12.1 Å². The standard InChI is InChI=1S/C21H31N5O2/c1-2-3-4-5-6-7-8-15-9-11-16(12-10-15)19-24-20(28-25-19)18-13-17(27)14-26(18)21(22)23/h9-12,17-18,27H,2-8,13-14H2,1H3,(H3,22,23)/t17-,18?/m0/s1. The largest absolute Gasteiger partial charge is 0.391 e. The third kappa shape index (κ3) is 5.10. The van der Waals surface area contributed by atoms with E-state index in [2.05, 4.69) is 29.2 Å². The van der Waals surface area contributed by atoms with Crippen LogP contribution in [-0.4, -0.2) is 38.8 Å². The van der Waals surface area contributed by atoms with Gasteiger partial charge in [0.1, 0.15) is 6.04 Å². The summed E-state index contributed by atoms with van der Waals surface area (Å²) < 4.78 is 5.41. The van der Waals surface area contributed by atoms with E-state index in [-0.39, 0.29) is 12.0 Å². The number of aryl methyl sites for hydroxylation is 1. The van der Waals surface area contributed by atoms with Gasteiger partial charge in [0.05, 0.1) is 6.10 Å². The summed E-state index contributed by atoms with van der Waals surface area (Å²) in [6.07, 6.45) is 8.77. The number of likely N-dealkylation sites (tertiary alicyclic amines) is 1. The SMILES string of the molecule is CCCCCCCCc1ccc(-c2noc(C3C[C@H](O)CN3C(=N)N)n2)cc1. The summed E-state index contributed by atoms with van der Waals surface area (Å²) in [5, 5.41) is 21.6. The average molecular weight is 386 g/mol. The van der Waals surface area contributed by atoms with Gasteiger partial charge in [0.2, 0.25) is 11.7 Å². The van der Waals surface area contributed by atoms with Crippen LogP contribution in [0.25, 0.3) is 11.4 Å². The highest BCUT2D eigenvalue weighted by Gasteiger charge is 2.36. The molecule has 1 unspecified atom stereocenters. The number of rotatable bonds is 9. The second-order valence-corrected chi connectivity index (χ2v) is 7.61. The van der Waals surface area contributed by atoms with Crippen molar-refractivity contribution in [3.05, 3.63) is 35.7 Å². The van der Waals surface area contributed by atoms with E-state index >= 15 is 0 Å². The minimum atomic E-state index is -0.550. The molecular weight excluding hydrogens is 354 g/mol. The Kier molecular flexibility index (Phi) is 7.03. The Morgan fingerprint density at radius 3 is 2.64 bits per heavy atom. The molecule has 2 atom stereocenters. The minimum Gasteiger partial charge on any atom is -0.391 e. The Balaban J connectivity index is 1.57. The molecule has 3 rings (SSSR count). The lowest BCUT2D eigenvalue weighted by atomic mass is 10.0. The van der Waals surface area contributed by atoms with Crippen molar-refractivity contribution in [2.24, 2.45) is 5.73 Å². The number of benzene rings is 1. The van der Waals surface area contributed by atoms with Crippen LogP contribution in [0, 0.1) is 5.41 Å². The number of β-amino-alcohol motifs (C(OH)–C–C–N with tert-alkyl or cyclic N) is 1. The lowest BCUT2D eigenvalue weighted by Crippen LogP contribution is -2.36. The number of aliphatic hydroxyl groups is 1. The van der Waals surface area contributed by atoms with Gasteiger partial charge in [0, 0.05) is 18.5 Å². The fourth-order valence-electron chi connectivity index (χ4n) is 3.73. The first-order chi connectivity index (χ1) is 13.6. The zero-order valence-electron chi connectivity index (χ0n) is 16.6. The highest BCUT2D eigenvalue weighted by Crippen LogP contribution is 2.31. The smallest absolute Gasteiger partial charge is 0.249 e. The summed E-state index contributed by atoms with van der Waals surface area (Å²) in [4.78, 5) is 6.07. The molecule has 7 nitrogen and oxygen atoms in total. The van der Waals surface area contributed by atoms with Gasteiger partial charge in [-0.25, -0.2) is 0 Å². The van der Waals surface area contributed by atoms with Crippen LogP contribution < -0.4 is 5.73 Å². The summed E-state index contributed by atoms with van der Waals surface area (Å²) in [5.74, 6) is 0.810. The predicted molar refractivity (Wildman–Crippen MR) is 109 cm³/mol. The Bertz CT molecular complexity index is 758. The van der Waals surface area contributed by atoms with Gasteiger partial charge in [-0.2, -0.15) is 4.98 Å². The first-order valence-electron chi connectivity index (χ1n) is 10.3. The van der Waals surface area contributed by atoms with E-state index in [9.17, 15) is 5.11 Å². The molecule has 0 aliphatic carbocycles. The molecule has 1 aliphatic heterocycles. The van der Waals surface area contributed by atoms with Gasteiger partial charge >= 0.3 is 0 Å². The minimum absolute atomic E-state index is 0.0969. The van der Waals surface area contributed by atoms with E-state index in [1.54, 1.807) is 4.90 Å². The van der Waals surface area contributed by atoms with Crippen molar-refractivity contribution < 1.29 is 9.63 Å². The van der Waals surface area contributed by atoms with E-state index in [1.165, 1.54) is 44.1 Å². The maximum atomic E-state index is 9.88. The molecule has 0 radical (unpaired) electrons. The molecule has 28 heavy (non-hydrogen) atoms. The van der Waals surface area contributed by atoms with Crippen LogP contribution in [0.4, 0.5) is 0 Å². The zero-order chi connectivity index (χ0) is 19.9. The molecule has 0 amide bonds. The van der Waals surface area contributed by atoms with Crippen molar-refractivity contribution in [3.63, 3.8) is 0 Å². The van der Waals surface area contributed by atoms with E-state index in [0.29, 0.717) is 24.7 Å². The number of aromatic nitrogens is 2. The fourth-order valence-corrected chi connectivity index (χ4v) is 3.73. The highest BCUT2D eigenvalue weighted by atomic mass is 16.5. The molecule has 1 aliphatic rings. The molecule has 0 spiro atoms. The molecule has 1 aromatic carbocycles. The molecule has 4 N–H and O–H groups in total. The first-order valence-corrected chi connectivity index (χ1v) is 10.3. The number of nitrogens with two attached hydrogens (primary N) is 1. The third-order valence-corrected chi connectivity index (χ3v) is 5.35. The second-order valence-electron chi connectivity index (χ2n) is 7.61.